The smallest absolute Gasteiger partial charge is 0.328 e. The Hall–Kier alpha value is -1.68. The second-order valence-electron chi connectivity index (χ2n) is 4.25. The number of nitrogens with zero attached hydrogens (tertiary/aromatic N) is 2. The minimum absolute atomic E-state index is 0.0174. The summed E-state index contributed by atoms with van der Waals surface area (Å²) >= 11 is 5.93. The molecule has 0 bridgehead atoms. The summed E-state index contributed by atoms with van der Waals surface area (Å²) < 4.78 is 3.33. The van der Waals surface area contributed by atoms with Crippen LogP contribution in [0.3, 0.4) is 0 Å². The Morgan fingerprint density at radius 1 is 1.28 bits per heavy atom. The predicted molar refractivity (Wildman–Crippen MR) is 73.9 cm³/mol. The van der Waals surface area contributed by atoms with Crippen LogP contribution < -0.4 is 11.4 Å². The summed E-state index contributed by atoms with van der Waals surface area (Å²) in [6, 6.07) is 5.29. The molecule has 1 aromatic heterocycles. The molecular weight excluding hydrogens is 250 g/mol. The molecule has 1 heterocycles. The molecule has 0 fully saturated rings. The van der Waals surface area contributed by atoms with Gasteiger partial charge in [-0.15, -0.1) is 0 Å². The van der Waals surface area contributed by atoms with E-state index in [0.29, 0.717) is 17.3 Å². The first-order valence-electron chi connectivity index (χ1n) is 5.91. The van der Waals surface area contributed by atoms with E-state index in [2.05, 4.69) is 0 Å². The van der Waals surface area contributed by atoms with Crippen LogP contribution in [0, 0.1) is 0 Å². The molecule has 18 heavy (non-hydrogen) atoms. The van der Waals surface area contributed by atoms with Gasteiger partial charge in [-0.1, -0.05) is 18.5 Å². The Balaban J connectivity index is 2.29. The van der Waals surface area contributed by atoms with E-state index in [4.69, 9.17) is 17.3 Å². The van der Waals surface area contributed by atoms with Gasteiger partial charge < -0.3 is 5.73 Å². The minimum atomic E-state index is -0.0174. The van der Waals surface area contributed by atoms with Crippen LogP contribution >= 0.6 is 11.6 Å². The van der Waals surface area contributed by atoms with E-state index in [-0.39, 0.29) is 5.69 Å². The molecule has 2 N–H and O–H groups in total. The van der Waals surface area contributed by atoms with E-state index in [9.17, 15) is 4.79 Å². The van der Waals surface area contributed by atoms with Crippen LogP contribution in [0.2, 0.25) is 5.02 Å². The van der Waals surface area contributed by atoms with Crippen molar-refractivity contribution in [2.24, 2.45) is 0 Å². The molecule has 2 aromatic rings. The maximum absolute atomic E-state index is 12.0. The summed E-state index contributed by atoms with van der Waals surface area (Å²) in [5.41, 5.74) is 7.36. The summed E-state index contributed by atoms with van der Waals surface area (Å²) in [7, 11) is 0. The van der Waals surface area contributed by atoms with Gasteiger partial charge in [0.1, 0.15) is 0 Å². The molecule has 0 amide bonds. The SMILES string of the molecule is CCCn1ccn(Cc2cc(Cl)ccc2N)c1=O. The van der Waals surface area contributed by atoms with Crippen molar-refractivity contribution in [3.8, 4) is 0 Å². The molecule has 5 heteroatoms. The van der Waals surface area contributed by atoms with E-state index >= 15 is 0 Å². The third-order valence-electron chi connectivity index (χ3n) is 2.83. The van der Waals surface area contributed by atoms with Crippen LogP contribution in [0.25, 0.3) is 0 Å². The topological polar surface area (TPSA) is 52.9 Å². The molecule has 0 unspecified atom stereocenters. The van der Waals surface area contributed by atoms with Gasteiger partial charge in [0, 0.05) is 29.6 Å². The van der Waals surface area contributed by atoms with Gasteiger partial charge in [-0.3, -0.25) is 9.13 Å². The normalized spacial score (nSPS) is 10.8. The van der Waals surface area contributed by atoms with E-state index in [1.807, 2.05) is 6.92 Å². The highest BCUT2D eigenvalue weighted by molar-refractivity contribution is 6.30. The third-order valence-corrected chi connectivity index (χ3v) is 3.06. The summed E-state index contributed by atoms with van der Waals surface area (Å²) in [4.78, 5) is 12.0. The van der Waals surface area contributed by atoms with Crippen molar-refractivity contribution in [1.29, 1.82) is 0 Å². The lowest BCUT2D eigenvalue weighted by molar-refractivity contribution is 0.624. The van der Waals surface area contributed by atoms with E-state index < -0.39 is 0 Å². The zero-order chi connectivity index (χ0) is 13.1. The first-order valence-corrected chi connectivity index (χ1v) is 6.29. The standard InChI is InChI=1S/C13H16ClN3O/c1-2-5-16-6-7-17(13(16)18)9-10-8-11(14)3-4-12(10)15/h3-4,6-8H,2,5,9,15H2,1H3. The average molecular weight is 266 g/mol. The highest BCUT2D eigenvalue weighted by atomic mass is 35.5. The van der Waals surface area contributed by atoms with Gasteiger partial charge in [0.2, 0.25) is 0 Å². The molecule has 0 atom stereocenters. The summed E-state index contributed by atoms with van der Waals surface area (Å²) in [5, 5.41) is 0.625. The lowest BCUT2D eigenvalue weighted by Crippen LogP contribution is -2.24. The van der Waals surface area contributed by atoms with Gasteiger partial charge in [0.05, 0.1) is 6.54 Å². The van der Waals surface area contributed by atoms with Crippen molar-refractivity contribution in [2.75, 3.05) is 5.73 Å². The highest BCUT2D eigenvalue weighted by Crippen LogP contribution is 2.18. The van der Waals surface area contributed by atoms with Gasteiger partial charge in [0.25, 0.3) is 0 Å². The molecule has 4 nitrogen and oxygen atoms in total. The van der Waals surface area contributed by atoms with Crippen molar-refractivity contribution >= 4 is 17.3 Å². The number of nitrogen functional groups attached to an aromatic ring is 1. The number of anilines is 1. The van der Waals surface area contributed by atoms with E-state index in [0.717, 1.165) is 18.5 Å². The molecule has 96 valence electrons. The van der Waals surface area contributed by atoms with Gasteiger partial charge in [-0.25, -0.2) is 4.79 Å². The number of aromatic nitrogens is 2. The summed E-state index contributed by atoms with van der Waals surface area (Å²) in [5.74, 6) is 0. The Kier molecular flexibility index (Phi) is 3.77. The molecular formula is C13H16ClN3O. The molecule has 1 aromatic carbocycles. The number of hydrogen-bond acceptors (Lipinski definition) is 2. The Bertz CT molecular complexity index is 601. The van der Waals surface area contributed by atoms with Crippen molar-refractivity contribution in [1.82, 2.24) is 9.13 Å². The Labute approximate surface area is 111 Å². The number of benzene rings is 1. The molecule has 0 aliphatic carbocycles. The monoisotopic (exact) mass is 265 g/mol. The molecule has 0 spiro atoms. The van der Waals surface area contributed by atoms with Gasteiger partial charge in [-0.2, -0.15) is 0 Å². The van der Waals surface area contributed by atoms with Crippen molar-refractivity contribution < 1.29 is 0 Å². The summed E-state index contributed by atoms with van der Waals surface area (Å²) in [6.45, 7) is 3.22. The van der Waals surface area contributed by atoms with Crippen LogP contribution in [0.4, 0.5) is 5.69 Å². The Morgan fingerprint density at radius 2 is 2.00 bits per heavy atom. The number of nitrogens with two attached hydrogens (primary N) is 1. The van der Waals surface area contributed by atoms with Crippen LogP contribution in [0.15, 0.2) is 35.4 Å². The molecule has 0 radical (unpaired) electrons. The van der Waals surface area contributed by atoms with Gasteiger partial charge in [-0.05, 0) is 30.2 Å². The molecule has 0 saturated carbocycles. The van der Waals surface area contributed by atoms with E-state index in [1.54, 1.807) is 39.7 Å². The second-order valence-corrected chi connectivity index (χ2v) is 4.68. The summed E-state index contributed by atoms with van der Waals surface area (Å²) in [6.07, 6.45) is 4.51. The van der Waals surface area contributed by atoms with Gasteiger partial charge in [0.15, 0.2) is 0 Å². The number of aryl methyl sites for hydroxylation is 1. The van der Waals surface area contributed by atoms with Crippen LogP contribution in [-0.2, 0) is 13.1 Å². The zero-order valence-corrected chi connectivity index (χ0v) is 11.0. The zero-order valence-electron chi connectivity index (χ0n) is 10.3. The van der Waals surface area contributed by atoms with Crippen molar-refractivity contribution in [3.63, 3.8) is 0 Å². The van der Waals surface area contributed by atoms with Crippen LogP contribution in [0.5, 0.6) is 0 Å². The fourth-order valence-corrected chi connectivity index (χ4v) is 2.07. The number of rotatable bonds is 4. The quantitative estimate of drug-likeness (QED) is 0.863. The first kappa shape index (κ1) is 12.8. The van der Waals surface area contributed by atoms with Crippen LogP contribution in [0.1, 0.15) is 18.9 Å². The Morgan fingerprint density at radius 3 is 2.72 bits per heavy atom. The lowest BCUT2D eigenvalue weighted by atomic mass is 10.2. The number of hydrogen-bond donors (Lipinski definition) is 1. The van der Waals surface area contributed by atoms with Gasteiger partial charge >= 0.3 is 5.69 Å². The average Bonchev–Trinajstić information content (AvgIpc) is 2.67. The largest absolute Gasteiger partial charge is 0.398 e. The molecule has 0 aliphatic rings. The van der Waals surface area contributed by atoms with E-state index in [1.165, 1.54) is 0 Å². The highest BCUT2D eigenvalue weighted by Gasteiger charge is 2.06. The third kappa shape index (κ3) is 2.59. The fourth-order valence-electron chi connectivity index (χ4n) is 1.88. The minimum Gasteiger partial charge on any atom is -0.398 e. The fraction of sp³-hybridized carbons (Fsp3) is 0.308. The van der Waals surface area contributed by atoms with Crippen molar-refractivity contribution in [2.45, 2.75) is 26.4 Å². The first-order chi connectivity index (χ1) is 8.61. The molecule has 0 aliphatic heterocycles. The van der Waals surface area contributed by atoms with Crippen molar-refractivity contribution in [3.05, 3.63) is 51.7 Å². The number of halogens is 1. The maximum atomic E-state index is 12.0. The van der Waals surface area contributed by atoms with Crippen LogP contribution in [-0.4, -0.2) is 9.13 Å². The second kappa shape index (κ2) is 5.31. The lowest BCUT2D eigenvalue weighted by Gasteiger charge is -2.06. The molecule has 2 rings (SSSR count). The maximum Gasteiger partial charge on any atom is 0.328 e. The number of imidazole rings is 1. The molecule has 0 saturated heterocycles. The predicted octanol–water partition coefficient (Wildman–Crippen LogP) is 2.34.